The van der Waals surface area contributed by atoms with E-state index in [1.54, 1.807) is 32.9 Å². The Labute approximate surface area is 125 Å². The number of aryl methyl sites for hydroxylation is 1. The number of hydrogen-bond acceptors (Lipinski definition) is 6. The van der Waals surface area contributed by atoms with E-state index in [0.29, 0.717) is 0 Å². The maximum Gasteiger partial charge on any atom is 0.524 e. The molecule has 1 atom stereocenters. The molecular formula is C14H21NO5S. The molecule has 6 nitrogen and oxygen atoms in total. The molecule has 0 bridgehead atoms. The van der Waals surface area contributed by atoms with Gasteiger partial charge in [0.2, 0.25) is 0 Å². The molecule has 0 aliphatic carbocycles. The summed E-state index contributed by atoms with van der Waals surface area (Å²) in [7, 11) is -4.24. The minimum atomic E-state index is -4.24. The van der Waals surface area contributed by atoms with Gasteiger partial charge in [-0.1, -0.05) is 24.3 Å². The number of benzene rings is 1. The lowest BCUT2D eigenvalue weighted by Crippen LogP contribution is -2.37. The zero-order chi connectivity index (χ0) is 16.3. The number of rotatable bonds is 4. The van der Waals surface area contributed by atoms with Crippen LogP contribution in [-0.4, -0.2) is 25.5 Å². The van der Waals surface area contributed by atoms with Crippen LogP contribution in [0.3, 0.4) is 0 Å². The van der Waals surface area contributed by atoms with Crippen molar-refractivity contribution in [3.05, 3.63) is 35.4 Å². The smallest absolute Gasteiger partial charge is 0.428 e. The van der Waals surface area contributed by atoms with Crippen molar-refractivity contribution in [1.82, 2.24) is 0 Å². The lowest BCUT2D eigenvalue weighted by atomic mass is 10.1. The van der Waals surface area contributed by atoms with Crippen molar-refractivity contribution in [2.45, 2.75) is 45.1 Å². The molecule has 2 N–H and O–H groups in total. The van der Waals surface area contributed by atoms with E-state index < -0.39 is 27.2 Å². The fraction of sp³-hybridized carbons (Fsp3) is 0.500. The summed E-state index contributed by atoms with van der Waals surface area (Å²) in [6.07, 6.45) is -1.22. The Balaban J connectivity index is 2.74. The SMILES string of the molecule is Cc1ccccc1CC(N)S(=O)(=O)OC(=O)OC(C)(C)C. The van der Waals surface area contributed by atoms with Gasteiger partial charge in [0.15, 0.2) is 0 Å². The predicted molar refractivity (Wildman–Crippen MR) is 79.1 cm³/mol. The topological polar surface area (TPSA) is 95.7 Å². The molecule has 0 heterocycles. The molecular weight excluding hydrogens is 294 g/mol. The van der Waals surface area contributed by atoms with Crippen LogP contribution in [0.4, 0.5) is 4.79 Å². The lowest BCUT2D eigenvalue weighted by Gasteiger charge is -2.20. The second-order valence-electron chi connectivity index (χ2n) is 5.71. The fourth-order valence-electron chi connectivity index (χ4n) is 1.58. The molecule has 0 aliphatic rings. The standard InChI is InChI=1S/C14H21NO5S/c1-10-7-5-6-8-11(10)9-12(15)21(17,18)20-13(16)19-14(2,3)4/h5-8,12H,9,15H2,1-4H3. The van der Waals surface area contributed by atoms with Gasteiger partial charge in [-0.25, -0.2) is 4.79 Å². The Hall–Kier alpha value is -1.60. The van der Waals surface area contributed by atoms with E-state index in [4.69, 9.17) is 10.5 Å². The van der Waals surface area contributed by atoms with Crippen LogP contribution in [-0.2, 0) is 25.5 Å². The third kappa shape index (κ3) is 5.73. The average Bonchev–Trinajstić information content (AvgIpc) is 2.28. The minimum Gasteiger partial charge on any atom is -0.428 e. The van der Waals surface area contributed by atoms with Crippen LogP contribution >= 0.6 is 0 Å². The van der Waals surface area contributed by atoms with Crippen LogP contribution in [0.15, 0.2) is 24.3 Å². The first-order valence-corrected chi connectivity index (χ1v) is 7.95. The van der Waals surface area contributed by atoms with Crippen molar-refractivity contribution in [1.29, 1.82) is 0 Å². The van der Waals surface area contributed by atoms with E-state index in [0.717, 1.165) is 11.1 Å². The van der Waals surface area contributed by atoms with Crippen molar-refractivity contribution >= 4 is 16.3 Å². The second kappa shape index (κ2) is 6.44. The highest BCUT2D eigenvalue weighted by atomic mass is 32.2. The second-order valence-corrected chi connectivity index (χ2v) is 7.47. The Morgan fingerprint density at radius 3 is 2.38 bits per heavy atom. The molecule has 0 saturated carbocycles. The predicted octanol–water partition coefficient (Wildman–Crippen LogP) is 2.10. The monoisotopic (exact) mass is 315 g/mol. The van der Waals surface area contributed by atoms with E-state index >= 15 is 0 Å². The molecule has 1 aromatic carbocycles. The van der Waals surface area contributed by atoms with Gasteiger partial charge in [-0.05, 0) is 38.8 Å². The highest BCUT2D eigenvalue weighted by molar-refractivity contribution is 7.87. The molecule has 1 aromatic rings. The zero-order valence-corrected chi connectivity index (χ0v) is 13.4. The molecule has 0 radical (unpaired) electrons. The van der Waals surface area contributed by atoms with Crippen molar-refractivity contribution in [3.63, 3.8) is 0 Å². The van der Waals surface area contributed by atoms with Crippen molar-refractivity contribution < 1.29 is 22.1 Å². The molecule has 0 aliphatic heterocycles. The van der Waals surface area contributed by atoms with Crippen molar-refractivity contribution in [3.8, 4) is 0 Å². The molecule has 0 amide bonds. The molecule has 1 unspecified atom stereocenters. The Bertz CT molecular complexity index is 604. The van der Waals surface area contributed by atoms with Crippen molar-refractivity contribution in [2.24, 2.45) is 5.73 Å². The molecule has 1 rings (SSSR count). The lowest BCUT2D eigenvalue weighted by molar-refractivity contribution is 0.0219. The van der Waals surface area contributed by atoms with Gasteiger partial charge in [0.05, 0.1) is 0 Å². The van der Waals surface area contributed by atoms with Crippen LogP contribution in [0.1, 0.15) is 31.9 Å². The van der Waals surface area contributed by atoms with Crippen LogP contribution in [0.2, 0.25) is 0 Å². The fourth-order valence-corrected chi connectivity index (χ4v) is 2.31. The van der Waals surface area contributed by atoms with E-state index in [1.807, 2.05) is 19.1 Å². The molecule has 0 fully saturated rings. The minimum absolute atomic E-state index is 0.0534. The summed E-state index contributed by atoms with van der Waals surface area (Å²) < 4.78 is 33.0. The Kier molecular flexibility index (Phi) is 5.36. The summed E-state index contributed by atoms with van der Waals surface area (Å²) in [5.74, 6) is 0. The number of hydrogen-bond donors (Lipinski definition) is 1. The number of carbonyl (C=O) groups is 1. The van der Waals surface area contributed by atoms with Gasteiger partial charge in [-0.2, -0.15) is 8.42 Å². The number of nitrogens with two attached hydrogens (primary N) is 1. The summed E-state index contributed by atoms with van der Waals surface area (Å²) in [5, 5.41) is -1.34. The third-order valence-electron chi connectivity index (χ3n) is 2.63. The van der Waals surface area contributed by atoms with Gasteiger partial charge in [0.1, 0.15) is 11.0 Å². The van der Waals surface area contributed by atoms with E-state index in [2.05, 4.69) is 4.18 Å². The number of ether oxygens (including phenoxy) is 1. The summed E-state index contributed by atoms with van der Waals surface area (Å²) in [6.45, 7) is 6.67. The van der Waals surface area contributed by atoms with Gasteiger partial charge < -0.3 is 14.7 Å². The van der Waals surface area contributed by atoms with Gasteiger partial charge in [-0.15, -0.1) is 0 Å². The van der Waals surface area contributed by atoms with Gasteiger partial charge >= 0.3 is 16.3 Å². The Morgan fingerprint density at radius 2 is 1.86 bits per heavy atom. The maximum absolute atomic E-state index is 11.9. The summed E-state index contributed by atoms with van der Waals surface area (Å²) in [6, 6.07) is 7.26. The highest BCUT2D eigenvalue weighted by Crippen LogP contribution is 2.15. The summed E-state index contributed by atoms with van der Waals surface area (Å²) in [5.41, 5.74) is 6.50. The molecule has 118 valence electrons. The van der Waals surface area contributed by atoms with Crippen molar-refractivity contribution in [2.75, 3.05) is 0 Å². The van der Waals surface area contributed by atoms with Crippen LogP contribution < -0.4 is 5.73 Å². The highest BCUT2D eigenvalue weighted by Gasteiger charge is 2.29. The third-order valence-corrected chi connectivity index (χ3v) is 3.90. The molecule has 0 saturated heterocycles. The Morgan fingerprint density at radius 1 is 1.29 bits per heavy atom. The van der Waals surface area contributed by atoms with Crippen LogP contribution in [0, 0.1) is 6.92 Å². The van der Waals surface area contributed by atoms with E-state index in [9.17, 15) is 13.2 Å². The van der Waals surface area contributed by atoms with Gasteiger partial charge in [0, 0.05) is 6.42 Å². The summed E-state index contributed by atoms with van der Waals surface area (Å²) >= 11 is 0. The first-order chi connectivity index (χ1) is 9.51. The first-order valence-electron chi connectivity index (χ1n) is 6.47. The number of carbonyl (C=O) groups excluding carboxylic acids is 1. The summed E-state index contributed by atoms with van der Waals surface area (Å²) in [4.78, 5) is 11.4. The quantitative estimate of drug-likeness (QED) is 0.675. The molecule has 21 heavy (non-hydrogen) atoms. The van der Waals surface area contributed by atoms with Crippen LogP contribution in [0.25, 0.3) is 0 Å². The van der Waals surface area contributed by atoms with E-state index in [-0.39, 0.29) is 6.42 Å². The normalized spacial score (nSPS) is 13.6. The van der Waals surface area contributed by atoms with Crippen LogP contribution in [0.5, 0.6) is 0 Å². The maximum atomic E-state index is 11.9. The van der Waals surface area contributed by atoms with E-state index in [1.165, 1.54) is 0 Å². The molecule has 0 aromatic heterocycles. The first kappa shape index (κ1) is 17.5. The van der Waals surface area contributed by atoms with Gasteiger partial charge in [-0.3, -0.25) is 0 Å². The largest absolute Gasteiger partial charge is 0.524 e. The average molecular weight is 315 g/mol. The van der Waals surface area contributed by atoms with Gasteiger partial charge in [0.25, 0.3) is 0 Å². The molecule has 0 spiro atoms. The zero-order valence-electron chi connectivity index (χ0n) is 12.6. The molecule has 7 heteroatoms.